The zero-order valence-corrected chi connectivity index (χ0v) is 22.2. The molecule has 0 saturated carbocycles. The highest BCUT2D eigenvalue weighted by Gasteiger charge is 2.24. The Balaban J connectivity index is 1.25. The Hall–Kier alpha value is -3.48. The summed E-state index contributed by atoms with van der Waals surface area (Å²) >= 11 is 0. The number of carbonyl (C=O) groups is 2. The Morgan fingerprint density at radius 3 is 2.00 bits per heavy atom. The number of rotatable bonds is 11. The van der Waals surface area contributed by atoms with Gasteiger partial charge in [-0.15, -0.1) is 0 Å². The lowest BCUT2D eigenvalue weighted by Crippen LogP contribution is -2.46. The quantitative estimate of drug-likeness (QED) is 0.357. The first-order chi connectivity index (χ1) is 18.5. The van der Waals surface area contributed by atoms with Gasteiger partial charge >= 0.3 is 0 Å². The predicted octanol–water partition coefficient (Wildman–Crippen LogP) is 4.32. The minimum Gasteiger partial charge on any atom is -0.395 e. The van der Waals surface area contributed by atoms with Crippen molar-refractivity contribution in [2.75, 3.05) is 32.8 Å². The van der Waals surface area contributed by atoms with Crippen molar-refractivity contribution in [1.29, 1.82) is 0 Å². The molecule has 1 fully saturated rings. The molecule has 1 atom stereocenters. The monoisotopic (exact) mass is 513 g/mol. The molecule has 2 amide bonds. The van der Waals surface area contributed by atoms with E-state index in [0.29, 0.717) is 11.5 Å². The molecule has 0 bridgehead atoms. The van der Waals surface area contributed by atoms with Crippen molar-refractivity contribution >= 4 is 11.8 Å². The van der Waals surface area contributed by atoms with Crippen LogP contribution in [0.1, 0.15) is 65.1 Å². The second kappa shape index (κ2) is 13.9. The van der Waals surface area contributed by atoms with Crippen LogP contribution in [0.3, 0.4) is 0 Å². The summed E-state index contributed by atoms with van der Waals surface area (Å²) in [4.78, 5) is 27.5. The summed E-state index contributed by atoms with van der Waals surface area (Å²) in [5.74, 6) is -0.120. The summed E-state index contributed by atoms with van der Waals surface area (Å²) < 4.78 is 0. The molecule has 1 aliphatic rings. The van der Waals surface area contributed by atoms with E-state index in [1.165, 1.54) is 11.1 Å². The van der Waals surface area contributed by atoms with Crippen LogP contribution in [0.2, 0.25) is 0 Å². The summed E-state index contributed by atoms with van der Waals surface area (Å²) in [6.07, 6.45) is 2.96. The standard InChI is InChI=1S/C32H39N3O3/c1-24(25-12-14-28(15-13-25)32(38)33-19-23-36)31(37)34-29-16-20-35(21-17-29)22-18-30(26-8-4-2-5-9-26)27-10-6-3-7-11-27/h2-15,24,29-30,36H,16-23H2,1H3,(H,33,38)(H,34,37). The molecule has 1 aliphatic heterocycles. The molecule has 3 aromatic rings. The molecule has 4 rings (SSSR count). The Kier molecular flexibility index (Phi) is 10.1. The largest absolute Gasteiger partial charge is 0.395 e. The zero-order chi connectivity index (χ0) is 26.7. The van der Waals surface area contributed by atoms with Gasteiger partial charge in [0.2, 0.25) is 5.91 Å². The minimum absolute atomic E-state index is 0.0224. The lowest BCUT2D eigenvalue weighted by Gasteiger charge is -2.34. The number of aliphatic hydroxyl groups excluding tert-OH is 1. The van der Waals surface area contributed by atoms with Crippen LogP contribution >= 0.6 is 0 Å². The first kappa shape index (κ1) is 27.6. The van der Waals surface area contributed by atoms with Gasteiger partial charge in [-0.1, -0.05) is 72.8 Å². The van der Waals surface area contributed by atoms with Gasteiger partial charge in [0.1, 0.15) is 0 Å². The number of nitrogens with one attached hydrogen (secondary N) is 2. The van der Waals surface area contributed by atoms with Crippen LogP contribution in [-0.4, -0.2) is 60.6 Å². The topological polar surface area (TPSA) is 81.7 Å². The van der Waals surface area contributed by atoms with Crippen LogP contribution in [0.25, 0.3) is 0 Å². The molecular weight excluding hydrogens is 474 g/mol. The predicted molar refractivity (Wildman–Crippen MR) is 151 cm³/mol. The third kappa shape index (κ3) is 7.53. The maximum Gasteiger partial charge on any atom is 0.251 e. The normalized spacial score (nSPS) is 15.2. The lowest BCUT2D eigenvalue weighted by atomic mass is 9.88. The minimum atomic E-state index is -0.292. The maximum atomic E-state index is 13.0. The first-order valence-electron chi connectivity index (χ1n) is 13.7. The highest BCUT2D eigenvalue weighted by molar-refractivity contribution is 5.94. The third-order valence-corrected chi connectivity index (χ3v) is 7.54. The van der Waals surface area contributed by atoms with Gasteiger partial charge in [0.25, 0.3) is 5.91 Å². The van der Waals surface area contributed by atoms with Gasteiger partial charge in [-0.05, 0) is 61.6 Å². The molecule has 0 aromatic heterocycles. The van der Waals surface area contributed by atoms with Gasteiger partial charge in [-0.25, -0.2) is 0 Å². The Morgan fingerprint density at radius 2 is 1.45 bits per heavy atom. The molecule has 1 heterocycles. The summed E-state index contributed by atoms with van der Waals surface area (Å²) in [5.41, 5.74) is 4.11. The molecule has 6 nitrogen and oxygen atoms in total. The van der Waals surface area contributed by atoms with Crippen molar-refractivity contribution in [2.24, 2.45) is 0 Å². The number of nitrogens with zero attached hydrogens (tertiary/aromatic N) is 1. The number of aliphatic hydroxyl groups is 1. The molecule has 1 saturated heterocycles. The average Bonchev–Trinajstić information content (AvgIpc) is 2.97. The fraction of sp³-hybridized carbons (Fsp3) is 0.375. The van der Waals surface area contributed by atoms with E-state index in [0.717, 1.165) is 44.5 Å². The van der Waals surface area contributed by atoms with Crippen LogP contribution in [0, 0.1) is 0 Å². The number of benzene rings is 3. The molecule has 1 unspecified atom stereocenters. The molecular formula is C32H39N3O3. The van der Waals surface area contributed by atoms with E-state index in [4.69, 9.17) is 5.11 Å². The first-order valence-corrected chi connectivity index (χ1v) is 13.7. The molecule has 6 heteroatoms. The number of amides is 2. The van der Waals surface area contributed by atoms with Gasteiger partial charge in [0.15, 0.2) is 0 Å². The maximum absolute atomic E-state index is 13.0. The van der Waals surface area contributed by atoms with E-state index in [1.54, 1.807) is 12.1 Å². The molecule has 38 heavy (non-hydrogen) atoms. The SMILES string of the molecule is CC(C(=O)NC1CCN(CCC(c2ccccc2)c2ccccc2)CC1)c1ccc(C(=O)NCCO)cc1. The number of likely N-dealkylation sites (tertiary alicyclic amines) is 1. The number of hydrogen-bond acceptors (Lipinski definition) is 4. The third-order valence-electron chi connectivity index (χ3n) is 7.54. The van der Waals surface area contributed by atoms with E-state index in [2.05, 4.69) is 76.2 Å². The molecule has 200 valence electrons. The summed E-state index contributed by atoms with van der Waals surface area (Å²) in [6, 6.07) is 28.8. The Morgan fingerprint density at radius 1 is 0.868 bits per heavy atom. The fourth-order valence-corrected chi connectivity index (χ4v) is 5.18. The second-order valence-electron chi connectivity index (χ2n) is 10.1. The van der Waals surface area contributed by atoms with Crippen molar-refractivity contribution in [3.63, 3.8) is 0 Å². The zero-order valence-electron chi connectivity index (χ0n) is 22.2. The van der Waals surface area contributed by atoms with Crippen LogP contribution < -0.4 is 10.6 Å². The van der Waals surface area contributed by atoms with Crippen molar-refractivity contribution in [3.8, 4) is 0 Å². The highest BCUT2D eigenvalue weighted by atomic mass is 16.3. The highest BCUT2D eigenvalue weighted by Crippen LogP contribution is 2.28. The summed E-state index contributed by atoms with van der Waals surface area (Å²) in [7, 11) is 0. The number of hydrogen-bond donors (Lipinski definition) is 3. The van der Waals surface area contributed by atoms with Gasteiger partial charge in [0, 0.05) is 37.2 Å². The van der Waals surface area contributed by atoms with Crippen molar-refractivity contribution in [2.45, 2.75) is 44.1 Å². The van der Waals surface area contributed by atoms with Crippen molar-refractivity contribution in [3.05, 3.63) is 107 Å². The fourth-order valence-electron chi connectivity index (χ4n) is 5.18. The van der Waals surface area contributed by atoms with Gasteiger partial charge in [-0.2, -0.15) is 0 Å². The molecule has 3 aromatic carbocycles. The van der Waals surface area contributed by atoms with Gasteiger partial charge < -0.3 is 20.6 Å². The van der Waals surface area contributed by atoms with E-state index >= 15 is 0 Å². The smallest absolute Gasteiger partial charge is 0.251 e. The van der Waals surface area contributed by atoms with E-state index in [9.17, 15) is 9.59 Å². The summed E-state index contributed by atoms with van der Waals surface area (Å²) in [6.45, 7) is 5.02. The molecule has 0 spiro atoms. The van der Waals surface area contributed by atoms with Crippen molar-refractivity contribution < 1.29 is 14.7 Å². The van der Waals surface area contributed by atoms with E-state index in [-0.39, 0.29) is 36.9 Å². The average molecular weight is 514 g/mol. The molecule has 0 aliphatic carbocycles. The van der Waals surface area contributed by atoms with Crippen LogP contribution in [0.15, 0.2) is 84.9 Å². The molecule has 3 N–H and O–H groups in total. The van der Waals surface area contributed by atoms with Crippen LogP contribution in [0.4, 0.5) is 0 Å². The lowest BCUT2D eigenvalue weighted by molar-refractivity contribution is -0.123. The molecule has 0 radical (unpaired) electrons. The van der Waals surface area contributed by atoms with Gasteiger partial charge in [-0.3, -0.25) is 9.59 Å². The van der Waals surface area contributed by atoms with E-state index in [1.807, 2.05) is 19.1 Å². The summed E-state index contributed by atoms with van der Waals surface area (Å²) in [5, 5.41) is 14.7. The van der Waals surface area contributed by atoms with Gasteiger partial charge in [0.05, 0.1) is 12.5 Å². The number of piperidine rings is 1. The van der Waals surface area contributed by atoms with Crippen molar-refractivity contribution in [1.82, 2.24) is 15.5 Å². The Labute approximate surface area is 226 Å². The second-order valence-corrected chi connectivity index (χ2v) is 10.1. The Bertz CT molecular complexity index is 1100. The number of carbonyl (C=O) groups excluding carboxylic acids is 2. The van der Waals surface area contributed by atoms with Crippen LogP contribution in [-0.2, 0) is 4.79 Å². The van der Waals surface area contributed by atoms with E-state index < -0.39 is 0 Å². The van der Waals surface area contributed by atoms with Crippen LogP contribution in [0.5, 0.6) is 0 Å².